The Morgan fingerprint density at radius 2 is 1.95 bits per heavy atom. The van der Waals surface area contributed by atoms with E-state index in [2.05, 4.69) is 34.7 Å². The molecule has 2 N–H and O–H groups in total. The molecule has 112 valence electrons. The lowest BCUT2D eigenvalue weighted by Crippen LogP contribution is -2.39. The Labute approximate surface area is 130 Å². The van der Waals surface area contributed by atoms with Crippen LogP contribution in [0.3, 0.4) is 0 Å². The summed E-state index contributed by atoms with van der Waals surface area (Å²) in [5.41, 5.74) is 7.03. The molecule has 0 aromatic heterocycles. The van der Waals surface area contributed by atoms with E-state index in [1.165, 1.54) is 0 Å². The first-order valence-electron chi connectivity index (χ1n) is 6.80. The van der Waals surface area contributed by atoms with Crippen LogP contribution in [0.2, 0.25) is 0 Å². The summed E-state index contributed by atoms with van der Waals surface area (Å²) in [6.45, 7) is 6.50. The number of hydrogen-bond acceptors (Lipinski definition) is 3. The molecule has 1 amide bonds. The van der Waals surface area contributed by atoms with Gasteiger partial charge in [-0.3, -0.25) is 4.79 Å². The first-order chi connectivity index (χ1) is 9.31. The average Bonchev–Trinajstić information content (AvgIpc) is 2.36. The molecule has 20 heavy (non-hydrogen) atoms. The van der Waals surface area contributed by atoms with Gasteiger partial charge < -0.3 is 15.5 Å². The van der Waals surface area contributed by atoms with Crippen molar-refractivity contribution in [2.45, 2.75) is 13.8 Å². The smallest absolute Gasteiger partial charge is 0.256 e. The molecule has 0 heterocycles. The van der Waals surface area contributed by atoms with Crippen LogP contribution < -0.4 is 5.73 Å². The van der Waals surface area contributed by atoms with Crippen molar-refractivity contribution in [1.29, 1.82) is 0 Å². The highest BCUT2D eigenvalue weighted by Gasteiger charge is 2.19. The number of likely N-dealkylation sites (N-methyl/N-ethyl adjacent to an activating group) is 1. The highest BCUT2D eigenvalue weighted by Crippen LogP contribution is 2.20. The van der Waals surface area contributed by atoms with E-state index in [0.717, 1.165) is 17.6 Å². The van der Waals surface area contributed by atoms with Crippen LogP contribution in [-0.2, 0) is 0 Å². The number of nitrogen functional groups attached to an aromatic ring is 1. The van der Waals surface area contributed by atoms with Crippen molar-refractivity contribution < 1.29 is 4.79 Å². The first-order valence-corrected chi connectivity index (χ1v) is 7.59. The van der Waals surface area contributed by atoms with Crippen molar-refractivity contribution in [3.63, 3.8) is 0 Å². The number of rotatable bonds is 6. The van der Waals surface area contributed by atoms with Gasteiger partial charge in [0.15, 0.2) is 0 Å². The third kappa shape index (κ3) is 5.13. The Bertz CT molecular complexity index is 460. The maximum Gasteiger partial charge on any atom is 0.256 e. The summed E-state index contributed by atoms with van der Waals surface area (Å²) in [6, 6.07) is 5.40. The second kappa shape index (κ2) is 7.64. The van der Waals surface area contributed by atoms with E-state index in [1.54, 1.807) is 12.1 Å². The SMILES string of the molecule is CC(C)CN(CCN(C)C)C(=O)c1cc(Br)ccc1N. The maximum absolute atomic E-state index is 12.7. The number of anilines is 1. The predicted molar refractivity (Wildman–Crippen MR) is 87.8 cm³/mol. The monoisotopic (exact) mass is 341 g/mol. The van der Waals surface area contributed by atoms with Gasteiger partial charge in [-0.05, 0) is 38.2 Å². The highest BCUT2D eigenvalue weighted by atomic mass is 79.9. The van der Waals surface area contributed by atoms with E-state index >= 15 is 0 Å². The molecule has 0 unspecified atom stereocenters. The third-order valence-corrected chi connectivity index (χ3v) is 3.43. The summed E-state index contributed by atoms with van der Waals surface area (Å²) in [4.78, 5) is 16.6. The average molecular weight is 342 g/mol. The topological polar surface area (TPSA) is 49.6 Å². The van der Waals surface area contributed by atoms with Crippen molar-refractivity contribution in [2.24, 2.45) is 5.92 Å². The van der Waals surface area contributed by atoms with Gasteiger partial charge in [0.1, 0.15) is 0 Å². The van der Waals surface area contributed by atoms with Gasteiger partial charge in [0, 0.05) is 29.8 Å². The van der Waals surface area contributed by atoms with Crippen molar-refractivity contribution in [3.05, 3.63) is 28.2 Å². The number of halogens is 1. The number of nitrogens with zero attached hydrogens (tertiary/aromatic N) is 2. The minimum atomic E-state index is -0.000602. The Morgan fingerprint density at radius 3 is 2.50 bits per heavy atom. The van der Waals surface area contributed by atoms with Gasteiger partial charge in [-0.25, -0.2) is 0 Å². The number of carbonyl (C=O) groups excluding carboxylic acids is 1. The molecule has 0 bridgehead atoms. The van der Waals surface area contributed by atoms with Gasteiger partial charge in [-0.2, -0.15) is 0 Å². The van der Waals surface area contributed by atoms with Crippen LogP contribution in [0.1, 0.15) is 24.2 Å². The molecule has 0 saturated carbocycles. The zero-order valence-electron chi connectivity index (χ0n) is 12.7. The van der Waals surface area contributed by atoms with Crippen LogP contribution in [0.15, 0.2) is 22.7 Å². The zero-order chi connectivity index (χ0) is 15.3. The largest absolute Gasteiger partial charge is 0.398 e. The number of carbonyl (C=O) groups is 1. The molecule has 5 heteroatoms. The molecular formula is C15H24BrN3O. The quantitative estimate of drug-likeness (QED) is 0.809. The van der Waals surface area contributed by atoms with E-state index in [-0.39, 0.29) is 5.91 Å². The summed E-state index contributed by atoms with van der Waals surface area (Å²) < 4.78 is 0.868. The van der Waals surface area contributed by atoms with Gasteiger partial charge in [-0.15, -0.1) is 0 Å². The molecule has 0 radical (unpaired) electrons. The van der Waals surface area contributed by atoms with Gasteiger partial charge in [-0.1, -0.05) is 29.8 Å². The van der Waals surface area contributed by atoms with Crippen LogP contribution >= 0.6 is 15.9 Å². The van der Waals surface area contributed by atoms with E-state index in [9.17, 15) is 4.79 Å². The van der Waals surface area contributed by atoms with Crippen molar-refractivity contribution >= 4 is 27.5 Å². The molecule has 4 nitrogen and oxygen atoms in total. The number of nitrogens with two attached hydrogens (primary N) is 1. The molecule has 1 aromatic rings. The standard InChI is InChI=1S/C15H24BrN3O/c1-11(2)10-19(8-7-18(3)4)15(20)13-9-12(16)5-6-14(13)17/h5-6,9,11H,7-8,10,17H2,1-4H3. The molecule has 0 atom stereocenters. The Hall–Kier alpha value is -1.07. The van der Waals surface area contributed by atoms with E-state index < -0.39 is 0 Å². The molecule has 0 aliphatic carbocycles. The van der Waals surface area contributed by atoms with Crippen LogP contribution in [0.4, 0.5) is 5.69 Å². The Morgan fingerprint density at radius 1 is 1.30 bits per heavy atom. The van der Waals surface area contributed by atoms with Crippen LogP contribution in [-0.4, -0.2) is 49.4 Å². The first kappa shape index (κ1) is 17.0. The molecule has 0 aliphatic rings. The lowest BCUT2D eigenvalue weighted by atomic mass is 10.1. The van der Waals surface area contributed by atoms with Gasteiger partial charge in [0.2, 0.25) is 0 Å². The van der Waals surface area contributed by atoms with Crippen molar-refractivity contribution in [2.75, 3.05) is 39.5 Å². The lowest BCUT2D eigenvalue weighted by molar-refractivity contribution is 0.0725. The molecule has 1 rings (SSSR count). The van der Waals surface area contributed by atoms with Crippen molar-refractivity contribution in [3.8, 4) is 0 Å². The molecule has 0 aliphatic heterocycles. The second-order valence-corrected chi connectivity index (χ2v) is 6.60. The number of hydrogen-bond donors (Lipinski definition) is 1. The van der Waals surface area contributed by atoms with Gasteiger partial charge in [0.05, 0.1) is 5.56 Å². The fourth-order valence-electron chi connectivity index (χ4n) is 1.92. The van der Waals surface area contributed by atoms with Crippen LogP contribution in [0.5, 0.6) is 0 Å². The molecule has 0 fully saturated rings. The van der Waals surface area contributed by atoms with Gasteiger partial charge in [0.25, 0.3) is 5.91 Å². The summed E-state index contributed by atoms with van der Waals surface area (Å²) >= 11 is 3.39. The minimum absolute atomic E-state index is 0.000602. The summed E-state index contributed by atoms with van der Waals surface area (Å²) in [7, 11) is 4.01. The zero-order valence-corrected chi connectivity index (χ0v) is 14.3. The highest BCUT2D eigenvalue weighted by molar-refractivity contribution is 9.10. The lowest BCUT2D eigenvalue weighted by Gasteiger charge is -2.26. The fraction of sp³-hybridized carbons (Fsp3) is 0.533. The Balaban J connectivity index is 2.93. The summed E-state index contributed by atoms with van der Waals surface area (Å²) in [5, 5.41) is 0. The normalized spacial score (nSPS) is 11.2. The number of benzene rings is 1. The van der Waals surface area contributed by atoms with Gasteiger partial charge >= 0.3 is 0 Å². The fourth-order valence-corrected chi connectivity index (χ4v) is 2.28. The molecule has 1 aromatic carbocycles. The Kier molecular flexibility index (Phi) is 6.49. The van der Waals surface area contributed by atoms with Crippen LogP contribution in [0.25, 0.3) is 0 Å². The summed E-state index contributed by atoms with van der Waals surface area (Å²) in [5.74, 6) is 0.425. The van der Waals surface area contributed by atoms with Crippen molar-refractivity contribution in [1.82, 2.24) is 9.80 Å². The molecule has 0 saturated heterocycles. The van der Waals surface area contributed by atoms with Crippen LogP contribution in [0, 0.1) is 5.92 Å². The minimum Gasteiger partial charge on any atom is -0.398 e. The predicted octanol–water partition coefficient (Wildman–Crippen LogP) is 2.69. The molecule has 0 spiro atoms. The molecular weight excluding hydrogens is 318 g/mol. The summed E-state index contributed by atoms with van der Waals surface area (Å²) in [6.07, 6.45) is 0. The maximum atomic E-state index is 12.7. The third-order valence-electron chi connectivity index (χ3n) is 2.94. The van der Waals surface area contributed by atoms with E-state index in [1.807, 2.05) is 25.1 Å². The van der Waals surface area contributed by atoms with E-state index in [4.69, 9.17) is 5.73 Å². The number of amides is 1. The van der Waals surface area contributed by atoms with E-state index in [0.29, 0.717) is 23.7 Å². The second-order valence-electron chi connectivity index (χ2n) is 5.68.